The van der Waals surface area contributed by atoms with E-state index in [1.165, 1.54) is 13.3 Å². The summed E-state index contributed by atoms with van der Waals surface area (Å²) in [5.41, 5.74) is 1.93. The van der Waals surface area contributed by atoms with Crippen molar-refractivity contribution in [2.45, 2.75) is 19.4 Å². The van der Waals surface area contributed by atoms with E-state index in [4.69, 9.17) is 5.84 Å². The Morgan fingerprint density at radius 2 is 2.35 bits per heavy atom. The molecule has 0 saturated carbocycles. The second-order valence-corrected chi connectivity index (χ2v) is 4.43. The zero-order chi connectivity index (χ0) is 14.7. The van der Waals surface area contributed by atoms with Crippen LogP contribution in [0.5, 0.6) is 0 Å². The molecular weight excluding hydrogens is 266 g/mol. The maximum absolute atomic E-state index is 11.2. The first-order chi connectivity index (χ1) is 9.52. The Balaban J connectivity index is 2.25. The molecule has 1 saturated heterocycles. The molecule has 1 aliphatic rings. The smallest absolute Gasteiger partial charge is 0.352 e. The number of nitrogen functional groups attached to an aromatic ring is 1. The lowest BCUT2D eigenvalue weighted by atomic mass is 10.2. The van der Waals surface area contributed by atoms with Gasteiger partial charge < -0.3 is 15.6 Å². The number of nitro groups is 1. The Labute approximate surface area is 114 Å². The standard InChI is InChI=1S/C10H15N7O3/c1-6(18)14-7-2-3-16(4-7)10-8(17(19)20)9(15-11)12-5-13-10/h5,7H,2-4,11H2,1H3,(H,14,18)(H,12,13,15). The van der Waals surface area contributed by atoms with E-state index in [9.17, 15) is 14.9 Å². The summed E-state index contributed by atoms with van der Waals surface area (Å²) < 4.78 is 0. The van der Waals surface area contributed by atoms with Gasteiger partial charge in [-0.1, -0.05) is 0 Å². The number of carbonyl (C=O) groups is 1. The lowest BCUT2D eigenvalue weighted by molar-refractivity contribution is -0.383. The molecule has 4 N–H and O–H groups in total. The molecule has 10 heteroatoms. The average Bonchev–Trinajstić information content (AvgIpc) is 2.85. The van der Waals surface area contributed by atoms with E-state index < -0.39 is 4.92 Å². The molecule has 0 aromatic carbocycles. The summed E-state index contributed by atoms with van der Waals surface area (Å²) >= 11 is 0. The summed E-state index contributed by atoms with van der Waals surface area (Å²) in [6.07, 6.45) is 1.91. The number of hydrogen-bond donors (Lipinski definition) is 3. The molecule has 2 heterocycles. The third-order valence-electron chi connectivity index (χ3n) is 3.02. The molecular formula is C10H15N7O3. The SMILES string of the molecule is CC(=O)NC1CCN(c2ncnc(NN)c2[N+](=O)[O-])C1. The molecule has 1 aromatic heterocycles. The van der Waals surface area contributed by atoms with Crippen LogP contribution in [-0.2, 0) is 4.79 Å². The number of aromatic nitrogens is 2. The van der Waals surface area contributed by atoms with Crippen LogP contribution in [0.1, 0.15) is 13.3 Å². The molecule has 0 spiro atoms. The monoisotopic (exact) mass is 281 g/mol. The van der Waals surface area contributed by atoms with Crippen LogP contribution in [0.4, 0.5) is 17.3 Å². The molecule has 108 valence electrons. The quantitative estimate of drug-likeness (QED) is 0.377. The van der Waals surface area contributed by atoms with Crippen molar-refractivity contribution in [3.05, 3.63) is 16.4 Å². The van der Waals surface area contributed by atoms with Crippen LogP contribution in [0.2, 0.25) is 0 Å². The van der Waals surface area contributed by atoms with Crippen molar-refractivity contribution < 1.29 is 9.72 Å². The number of nitrogens with zero attached hydrogens (tertiary/aromatic N) is 4. The van der Waals surface area contributed by atoms with E-state index in [0.29, 0.717) is 19.5 Å². The fourth-order valence-corrected chi connectivity index (χ4v) is 2.23. The summed E-state index contributed by atoms with van der Waals surface area (Å²) in [4.78, 5) is 31.0. The zero-order valence-electron chi connectivity index (χ0n) is 10.9. The summed E-state index contributed by atoms with van der Waals surface area (Å²) in [6, 6.07) is -0.0450. The highest BCUT2D eigenvalue weighted by Gasteiger charge is 2.31. The second-order valence-electron chi connectivity index (χ2n) is 4.43. The van der Waals surface area contributed by atoms with Gasteiger partial charge in [0.25, 0.3) is 0 Å². The topological polar surface area (TPSA) is 139 Å². The van der Waals surface area contributed by atoms with Crippen LogP contribution in [0, 0.1) is 10.1 Å². The number of hydrogen-bond acceptors (Lipinski definition) is 8. The summed E-state index contributed by atoms with van der Waals surface area (Å²) in [7, 11) is 0. The Morgan fingerprint density at radius 3 is 2.95 bits per heavy atom. The zero-order valence-corrected chi connectivity index (χ0v) is 10.9. The van der Waals surface area contributed by atoms with E-state index in [-0.39, 0.29) is 29.3 Å². The maximum atomic E-state index is 11.2. The summed E-state index contributed by atoms with van der Waals surface area (Å²) in [5.74, 6) is 5.26. The Hall–Kier alpha value is -2.49. The lowest BCUT2D eigenvalue weighted by Gasteiger charge is -2.18. The van der Waals surface area contributed by atoms with Gasteiger partial charge >= 0.3 is 5.69 Å². The predicted octanol–water partition coefficient (Wildman–Crippen LogP) is -0.615. The van der Waals surface area contributed by atoms with Crippen molar-refractivity contribution in [2.24, 2.45) is 5.84 Å². The molecule has 1 atom stereocenters. The summed E-state index contributed by atoms with van der Waals surface area (Å²) in [6.45, 7) is 2.46. The van der Waals surface area contributed by atoms with Gasteiger partial charge in [0.1, 0.15) is 6.33 Å². The average molecular weight is 281 g/mol. The van der Waals surface area contributed by atoms with Gasteiger partial charge in [0.2, 0.25) is 17.5 Å². The number of anilines is 2. The van der Waals surface area contributed by atoms with Crippen molar-refractivity contribution in [3.63, 3.8) is 0 Å². The van der Waals surface area contributed by atoms with E-state index in [2.05, 4.69) is 20.7 Å². The van der Waals surface area contributed by atoms with Crippen LogP contribution >= 0.6 is 0 Å². The third kappa shape index (κ3) is 2.74. The molecule has 10 nitrogen and oxygen atoms in total. The molecule has 1 fully saturated rings. The molecule has 1 amide bonds. The first-order valence-corrected chi connectivity index (χ1v) is 6.01. The van der Waals surface area contributed by atoms with Crippen molar-refractivity contribution in [1.29, 1.82) is 0 Å². The van der Waals surface area contributed by atoms with Gasteiger partial charge in [0.15, 0.2) is 0 Å². The van der Waals surface area contributed by atoms with Crippen LogP contribution in [0.3, 0.4) is 0 Å². The highest BCUT2D eigenvalue weighted by molar-refractivity contribution is 5.74. The molecule has 0 aliphatic carbocycles. The number of rotatable bonds is 4. The van der Waals surface area contributed by atoms with E-state index >= 15 is 0 Å². The minimum absolute atomic E-state index is 0.0389. The van der Waals surface area contributed by atoms with Gasteiger partial charge in [-0.15, -0.1) is 0 Å². The van der Waals surface area contributed by atoms with Gasteiger partial charge in [0, 0.05) is 26.1 Å². The van der Waals surface area contributed by atoms with Crippen molar-refractivity contribution >= 4 is 23.2 Å². The molecule has 20 heavy (non-hydrogen) atoms. The Kier molecular flexibility index (Phi) is 3.94. The number of nitrogens with two attached hydrogens (primary N) is 1. The van der Waals surface area contributed by atoms with Crippen molar-refractivity contribution in [2.75, 3.05) is 23.4 Å². The summed E-state index contributed by atoms with van der Waals surface area (Å²) in [5, 5.41) is 13.9. The van der Waals surface area contributed by atoms with Gasteiger partial charge in [-0.2, -0.15) is 0 Å². The molecule has 1 aromatic rings. The first-order valence-electron chi connectivity index (χ1n) is 6.01. The van der Waals surface area contributed by atoms with Crippen LogP contribution in [-0.4, -0.2) is 39.9 Å². The largest absolute Gasteiger partial charge is 0.354 e. The highest BCUT2D eigenvalue weighted by atomic mass is 16.6. The van der Waals surface area contributed by atoms with Crippen LogP contribution < -0.4 is 21.5 Å². The van der Waals surface area contributed by atoms with Gasteiger partial charge in [0.05, 0.1) is 4.92 Å². The van der Waals surface area contributed by atoms with Crippen LogP contribution in [0.15, 0.2) is 6.33 Å². The number of hydrazine groups is 1. The highest BCUT2D eigenvalue weighted by Crippen LogP contribution is 2.32. The fraction of sp³-hybridized carbons (Fsp3) is 0.500. The maximum Gasteiger partial charge on any atom is 0.354 e. The van der Waals surface area contributed by atoms with Crippen molar-refractivity contribution in [3.8, 4) is 0 Å². The lowest BCUT2D eigenvalue weighted by Crippen LogP contribution is -2.35. The Bertz CT molecular complexity index is 536. The number of amides is 1. The predicted molar refractivity (Wildman–Crippen MR) is 70.9 cm³/mol. The fourth-order valence-electron chi connectivity index (χ4n) is 2.23. The molecule has 0 radical (unpaired) electrons. The van der Waals surface area contributed by atoms with E-state index in [0.717, 1.165) is 0 Å². The molecule has 2 rings (SSSR count). The second kappa shape index (κ2) is 5.65. The minimum atomic E-state index is -0.573. The van der Waals surface area contributed by atoms with E-state index in [1.54, 1.807) is 4.90 Å². The van der Waals surface area contributed by atoms with Gasteiger partial charge in [-0.25, -0.2) is 15.8 Å². The van der Waals surface area contributed by atoms with Gasteiger partial charge in [-0.3, -0.25) is 14.9 Å². The van der Waals surface area contributed by atoms with Crippen molar-refractivity contribution in [1.82, 2.24) is 15.3 Å². The van der Waals surface area contributed by atoms with E-state index in [1.807, 2.05) is 0 Å². The number of carbonyl (C=O) groups excluding carboxylic acids is 1. The Morgan fingerprint density at radius 1 is 1.60 bits per heavy atom. The molecule has 0 bridgehead atoms. The number of nitrogens with one attached hydrogen (secondary N) is 2. The normalized spacial score (nSPS) is 17.9. The molecule has 1 unspecified atom stereocenters. The third-order valence-corrected chi connectivity index (χ3v) is 3.02. The van der Waals surface area contributed by atoms with Gasteiger partial charge in [-0.05, 0) is 6.42 Å². The van der Waals surface area contributed by atoms with Crippen LogP contribution in [0.25, 0.3) is 0 Å². The molecule has 1 aliphatic heterocycles. The first kappa shape index (κ1) is 13.9. The minimum Gasteiger partial charge on any atom is -0.352 e.